The standard InChI is InChI=1S/C18H15Cl2N5O2S/c19-13-5-4-12(15(20)7-13)10-27-14-3-1-2-11(6-14)9-22-23-16(26)8-17-24-25-18(21)28-17/h1-7,9H,8,10H2,(H2,21,25)(H,23,26)/b22-9+. The fraction of sp³-hybridized carbons (Fsp3) is 0.111. The van der Waals surface area contributed by atoms with E-state index in [0.29, 0.717) is 32.5 Å². The molecule has 2 aromatic carbocycles. The second-order valence-electron chi connectivity index (χ2n) is 5.60. The maximum absolute atomic E-state index is 11.8. The first-order valence-electron chi connectivity index (χ1n) is 8.06. The number of halogens is 2. The van der Waals surface area contributed by atoms with Crippen molar-refractivity contribution < 1.29 is 9.53 Å². The van der Waals surface area contributed by atoms with Crippen LogP contribution in [0.5, 0.6) is 5.75 Å². The van der Waals surface area contributed by atoms with Crippen LogP contribution < -0.4 is 15.9 Å². The predicted octanol–water partition coefficient (Wildman–Crippen LogP) is 3.70. The summed E-state index contributed by atoms with van der Waals surface area (Å²) in [6.07, 6.45) is 1.59. The summed E-state index contributed by atoms with van der Waals surface area (Å²) in [7, 11) is 0. The van der Waals surface area contributed by atoms with Crippen molar-refractivity contribution in [2.45, 2.75) is 13.0 Å². The molecule has 0 radical (unpaired) electrons. The molecule has 1 aromatic heterocycles. The van der Waals surface area contributed by atoms with Crippen LogP contribution in [-0.2, 0) is 17.8 Å². The zero-order valence-corrected chi connectivity index (χ0v) is 16.8. The van der Waals surface area contributed by atoms with E-state index in [4.69, 9.17) is 33.7 Å². The van der Waals surface area contributed by atoms with Crippen LogP contribution in [0, 0.1) is 0 Å². The first-order valence-corrected chi connectivity index (χ1v) is 9.63. The van der Waals surface area contributed by atoms with Gasteiger partial charge in [-0.25, -0.2) is 5.43 Å². The molecule has 0 spiro atoms. The summed E-state index contributed by atoms with van der Waals surface area (Å²) in [6, 6.07) is 12.5. The summed E-state index contributed by atoms with van der Waals surface area (Å²) in [5, 5.41) is 13.4. The highest BCUT2D eigenvalue weighted by Gasteiger charge is 2.07. The molecule has 0 bridgehead atoms. The van der Waals surface area contributed by atoms with E-state index in [-0.39, 0.29) is 12.3 Å². The maximum Gasteiger partial charge on any atom is 0.247 e. The summed E-state index contributed by atoms with van der Waals surface area (Å²) in [5.41, 5.74) is 9.51. The van der Waals surface area contributed by atoms with Crippen molar-refractivity contribution in [2.24, 2.45) is 5.10 Å². The Bertz CT molecular complexity index is 1010. The van der Waals surface area contributed by atoms with Crippen LogP contribution in [0.3, 0.4) is 0 Å². The minimum absolute atomic E-state index is 0.0667. The molecule has 10 heteroatoms. The van der Waals surface area contributed by atoms with Crippen LogP contribution in [0.15, 0.2) is 47.6 Å². The van der Waals surface area contributed by atoms with Gasteiger partial charge in [0.25, 0.3) is 0 Å². The average molecular weight is 436 g/mol. The fourth-order valence-corrected chi connectivity index (χ4v) is 3.25. The van der Waals surface area contributed by atoms with Gasteiger partial charge in [-0.3, -0.25) is 4.79 Å². The highest BCUT2D eigenvalue weighted by Crippen LogP contribution is 2.23. The van der Waals surface area contributed by atoms with E-state index in [0.717, 1.165) is 22.5 Å². The number of hydrogen-bond acceptors (Lipinski definition) is 7. The molecular formula is C18H15Cl2N5O2S. The monoisotopic (exact) mass is 435 g/mol. The minimum atomic E-state index is -0.308. The topological polar surface area (TPSA) is 102 Å². The van der Waals surface area contributed by atoms with Crippen molar-refractivity contribution in [3.05, 3.63) is 68.6 Å². The number of carbonyl (C=O) groups excluding carboxylic acids is 1. The van der Waals surface area contributed by atoms with Crippen LogP contribution >= 0.6 is 34.5 Å². The van der Waals surface area contributed by atoms with E-state index in [2.05, 4.69) is 20.7 Å². The number of ether oxygens (including phenoxy) is 1. The number of rotatable bonds is 7. The van der Waals surface area contributed by atoms with Crippen molar-refractivity contribution in [3.8, 4) is 5.75 Å². The number of aromatic nitrogens is 2. The molecule has 3 N–H and O–H groups in total. The first-order chi connectivity index (χ1) is 13.5. The lowest BCUT2D eigenvalue weighted by Crippen LogP contribution is -2.19. The Kier molecular flexibility index (Phi) is 6.80. The van der Waals surface area contributed by atoms with Crippen LogP contribution in [0.25, 0.3) is 0 Å². The molecule has 0 saturated carbocycles. The predicted molar refractivity (Wildman–Crippen MR) is 111 cm³/mol. The molecule has 28 heavy (non-hydrogen) atoms. The Labute approximate surface area is 175 Å². The van der Waals surface area contributed by atoms with Crippen LogP contribution in [-0.4, -0.2) is 22.3 Å². The number of carbonyl (C=O) groups is 1. The van der Waals surface area contributed by atoms with Crippen molar-refractivity contribution in [1.82, 2.24) is 15.6 Å². The smallest absolute Gasteiger partial charge is 0.247 e. The number of nitrogens with zero attached hydrogens (tertiary/aromatic N) is 3. The molecule has 144 valence electrons. The number of nitrogens with two attached hydrogens (primary N) is 1. The van der Waals surface area contributed by atoms with Gasteiger partial charge >= 0.3 is 0 Å². The number of nitrogen functional groups attached to an aromatic ring is 1. The van der Waals surface area contributed by atoms with Crippen molar-refractivity contribution in [1.29, 1.82) is 0 Å². The number of anilines is 1. The molecule has 0 saturated heterocycles. The Morgan fingerprint density at radius 3 is 2.86 bits per heavy atom. The number of hydrogen-bond donors (Lipinski definition) is 2. The highest BCUT2D eigenvalue weighted by molar-refractivity contribution is 7.15. The highest BCUT2D eigenvalue weighted by atomic mass is 35.5. The molecule has 1 amide bonds. The van der Waals surface area contributed by atoms with Gasteiger partial charge in [-0.15, -0.1) is 10.2 Å². The normalized spacial score (nSPS) is 10.9. The molecule has 1 heterocycles. The molecule has 0 aliphatic carbocycles. The van der Waals surface area contributed by atoms with Gasteiger partial charge in [-0.1, -0.05) is 52.7 Å². The van der Waals surface area contributed by atoms with E-state index in [1.54, 1.807) is 18.2 Å². The molecule has 3 rings (SSSR count). The minimum Gasteiger partial charge on any atom is -0.489 e. The van der Waals surface area contributed by atoms with E-state index in [9.17, 15) is 4.79 Å². The molecule has 0 unspecified atom stereocenters. The van der Waals surface area contributed by atoms with Crippen molar-refractivity contribution >= 4 is 51.8 Å². The lowest BCUT2D eigenvalue weighted by Gasteiger charge is -2.08. The van der Waals surface area contributed by atoms with E-state index >= 15 is 0 Å². The van der Waals surface area contributed by atoms with Crippen molar-refractivity contribution in [3.63, 3.8) is 0 Å². The lowest BCUT2D eigenvalue weighted by molar-refractivity contribution is -0.120. The summed E-state index contributed by atoms with van der Waals surface area (Å²) < 4.78 is 5.76. The molecular weight excluding hydrogens is 421 g/mol. The van der Waals surface area contributed by atoms with Gasteiger partial charge in [0.2, 0.25) is 11.0 Å². The Morgan fingerprint density at radius 2 is 2.11 bits per heavy atom. The van der Waals surface area contributed by atoms with E-state index in [1.807, 2.05) is 24.3 Å². The largest absolute Gasteiger partial charge is 0.489 e. The zero-order valence-electron chi connectivity index (χ0n) is 14.4. The summed E-state index contributed by atoms with van der Waals surface area (Å²) in [6.45, 7) is 0.304. The fourth-order valence-electron chi connectivity index (χ4n) is 2.18. The second-order valence-corrected chi connectivity index (χ2v) is 7.54. The number of benzene rings is 2. The van der Waals surface area contributed by atoms with Gasteiger partial charge < -0.3 is 10.5 Å². The number of hydrazone groups is 1. The SMILES string of the molecule is Nc1nnc(CC(=O)N/N=C/c2cccc(OCc3ccc(Cl)cc3Cl)c2)s1. The van der Waals surface area contributed by atoms with E-state index < -0.39 is 0 Å². The third kappa shape index (κ3) is 5.91. The molecule has 0 aliphatic rings. The molecule has 7 nitrogen and oxygen atoms in total. The maximum atomic E-state index is 11.8. The van der Waals surface area contributed by atoms with Gasteiger partial charge in [0, 0.05) is 15.6 Å². The van der Waals surface area contributed by atoms with Crippen LogP contribution in [0.4, 0.5) is 5.13 Å². The van der Waals surface area contributed by atoms with Gasteiger partial charge in [0.1, 0.15) is 17.4 Å². The molecule has 0 aliphatic heterocycles. The molecule has 0 atom stereocenters. The van der Waals surface area contributed by atoms with Gasteiger partial charge in [-0.05, 0) is 29.8 Å². The Hall–Kier alpha value is -2.68. The molecule has 3 aromatic rings. The first kappa shape index (κ1) is 20.1. The lowest BCUT2D eigenvalue weighted by atomic mass is 10.2. The van der Waals surface area contributed by atoms with Gasteiger partial charge in [0.15, 0.2) is 0 Å². The third-order valence-corrected chi connectivity index (χ3v) is 4.80. The summed E-state index contributed by atoms with van der Waals surface area (Å²) in [5.74, 6) is 0.336. The van der Waals surface area contributed by atoms with Crippen LogP contribution in [0.2, 0.25) is 10.0 Å². The Morgan fingerprint density at radius 1 is 1.25 bits per heavy atom. The summed E-state index contributed by atoms with van der Waals surface area (Å²) >= 11 is 13.2. The van der Waals surface area contributed by atoms with Crippen molar-refractivity contribution in [2.75, 3.05) is 5.73 Å². The third-order valence-electron chi connectivity index (χ3n) is 3.46. The van der Waals surface area contributed by atoms with Crippen LogP contribution in [0.1, 0.15) is 16.1 Å². The number of amides is 1. The van der Waals surface area contributed by atoms with Gasteiger partial charge in [-0.2, -0.15) is 5.10 Å². The second kappa shape index (κ2) is 9.50. The number of nitrogens with one attached hydrogen (secondary N) is 1. The quantitative estimate of drug-likeness (QED) is 0.434. The van der Waals surface area contributed by atoms with Gasteiger partial charge in [0.05, 0.1) is 12.6 Å². The summed E-state index contributed by atoms with van der Waals surface area (Å²) in [4.78, 5) is 11.8. The zero-order chi connectivity index (χ0) is 19.9. The van der Waals surface area contributed by atoms with E-state index in [1.165, 1.54) is 6.21 Å². The Balaban J connectivity index is 1.53. The molecule has 0 fully saturated rings. The average Bonchev–Trinajstić information content (AvgIpc) is 3.06.